The average molecular weight is 501 g/mol. The molecule has 158 valence electrons. The highest BCUT2D eigenvalue weighted by Crippen LogP contribution is 2.15. The zero-order valence-corrected chi connectivity index (χ0v) is 19.9. The molecule has 0 spiro atoms. The van der Waals surface area contributed by atoms with Crippen LogP contribution in [0.25, 0.3) is 5.65 Å². The highest BCUT2D eigenvalue weighted by Gasteiger charge is 2.11. The van der Waals surface area contributed by atoms with Crippen LogP contribution in [0.4, 0.5) is 0 Å². The zero-order valence-electron chi connectivity index (χ0n) is 17.6. The van der Waals surface area contributed by atoms with Gasteiger partial charge < -0.3 is 20.1 Å². The Labute approximate surface area is 186 Å². The lowest BCUT2D eigenvalue weighted by atomic mass is 9.94. The minimum Gasteiger partial charge on any atom is -0.396 e. The smallest absolute Gasteiger partial charge is 0.191 e. The lowest BCUT2D eigenvalue weighted by molar-refractivity contribution is 0.245. The Balaban J connectivity index is 0.00000392. The summed E-state index contributed by atoms with van der Waals surface area (Å²) < 4.78 is 2.08. The number of nitrogens with one attached hydrogen (secondary N) is 2. The fourth-order valence-corrected chi connectivity index (χ4v) is 3.33. The molecule has 0 fully saturated rings. The van der Waals surface area contributed by atoms with Crippen molar-refractivity contribution in [3.8, 4) is 0 Å². The largest absolute Gasteiger partial charge is 0.396 e. The van der Waals surface area contributed by atoms with Crippen LogP contribution in [0.2, 0.25) is 0 Å². The minimum atomic E-state index is 0. The molecule has 28 heavy (non-hydrogen) atoms. The van der Waals surface area contributed by atoms with E-state index in [1.165, 1.54) is 5.56 Å². The topological polar surface area (TPSA) is 74.0 Å². The van der Waals surface area contributed by atoms with E-state index in [1.54, 1.807) is 0 Å². The van der Waals surface area contributed by atoms with Gasteiger partial charge in [0, 0.05) is 45.1 Å². The molecule has 2 rings (SSSR count). The predicted octanol–water partition coefficient (Wildman–Crippen LogP) is 3.40. The molecule has 0 amide bonds. The van der Waals surface area contributed by atoms with Crippen LogP contribution in [0.1, 0.15) is 44.9 Å². The van der Waals surface area contributed by atoms with Gasteiger partial charge in [0.25, 0.3) is 0 Å². The van der Waals surface area contributed by atoms with Crippen molar-refractivity contribution in [3.05, 3.63) is 35.8 Å². The molecular formula is C21H36IN5O. The number of pyridine rings is 1. The zero-order chi connectivity index (χ0) is 19.6. The monoisotopic (exact) mass is 501 g/mol. The molecule has 2 heterocycles. The first-order chi connectivity index (χ1) is 13.0. The summed E-state index contributed by atoms with van der Waals surface area (Å²) in [4.78, 5) is 9.45. The maximum atomic E-state index is 9.28. The second-order valence-corrected chi connectivity index (χ2v) is 7.56. The average Bonchev–Trinajstić information content (AvgIpc) is 3.03. The molecule has 0 aromatic carbocycles. The first-order valence-corrected chi connectivity index (χ1v) is 10.1. The molecular weight excluding hydrogens is 465 g/mol. The molecule has 1 atom stereocenters. The Morgan fingerprint density at radius 1 is 1.32 bits per heavy atom. The van der Waals surface area contributed by atoms with E-state index < -0.39 is 0 Å². The van der Waals surface area contributed by atoms with Gasteiger partial charge >= 0.3 is 0 Å². The number of aromatic nitrogens is 2. The minimum absolute atomic E-state index is 0. The van der Waals surface area contributed by atoms with E-state index in [1.807, 2.05) is 12.3 Å². The first kappa shape index (κ1) is 24.7. The Bertz CT molecular complexity index is 729. The number of hydrogen-bond donors (Lipinski definition) is 3. The summed E-state index contributed by atoms with van der Waals surface area (Å²) in [6.45, 7) is 11.2. The van der Waals surface area contributed by atoms with Crippen molar-refractivity contribution in [3.63, 3.8) is 0 Å². The van der Waals surface area contributed by atoms with Crippen LogP contribution < -0.4 is 10.6 Å². The summed E-state index contributed by atoms with van der Waals surface area (Å²) in [5, 5.41) is 16.0. The summed E-state index contributed by atoms with van der Waals surface area (Å²) in [6, 6.07) is 4.13. The number of aliphatic imine (C=N–C) groups is 1. The predicted molar refractivity (Wildman–Crippen MR) is 128 cm³/mol. The van der Waals surface area contributed by atoms with Crippen molar-refractivity contribution in [1.29, 1.82) is 0 Å². The van der Waals surface area contributed by atoms with Gasteiger partial charge in [-0.3, -0.25) is 4.99 Å². The molecule has 3 N–H and O–H groups in total. The summed E-state index contributed by atoms with van der Waals surface area (Å²) >= 11 is 0. The Kier molecular flexibility index (Phi) is 11.4. The summed E-state index contributed by atoms with van der Waals surface area (Å²) in [6.07, 6.45) is 6.87. The molecule has 6 nitrogen and oxygen atoms in total. The van der Waals surface area contributed by atoms with Gasteiger partial charge in [0.05, 0.1) is 5.69 Å². The maximum Gasteiger partial charge on any atom is 0.191 e. The van der Waals surface area contributed by atoms with E-state index in [4.69, 9.17) is 9.98 Å². The molecule has 0 aliphatic rings. The van der Waals surface area contributed by atoms with Gasteiger partial charge in [0.2, 0.25) is 0 Å². The van der Waals surface area contributed by atoms with Crippen molar-refractivity contribution >= 4 is 35.6 Å². The molecule has 0 aliphatic heterocycles. The lowest BCUT2D eigenvalue weighted by Gasteiger charge is -2.17. The molecule has 0 bridgehead atoms. The molecule has 0 saturated heterocycles. The summed E-state index contributed by atoms with van der Waals surface area (Å²) in [5.41, 5.74) is 3.28. The molecule has 0 saturated carbocycles. The van der Waals surface area contributed by atoms with Gasteiger partial charge in [-0.2, -0.15) is 0 Å². The number of guanidine groups is 1. The Hall–Kier alpha value is -1.35. The van der Waals surface area contributed by atoms with Crippen molar-refractivity contribution < 1.29 is 5.11 Å². The normalized spacial score (nSPS) is 12.9. The van der Waals surface area contributed by atoms with Crippen LogP contribution >= 0.6 is 24.0 Å². The van der Waals surface area contributed by atoms with Gasteiger partial charge in [-0.05, 0) is 50.2 Å². The van der Waals surface area contributed by atoms with Crippen molar-refractivity contribution in [1.82, 2.24) is 20.0 Å². The number of imidazole rings is 1. The number of halogens is 1. The standard InChI is InChI=1S/C21H35N5O.HI/c1-5-22-21(24-14-18(9-12-27)13-16(2)3)23-10-8-19-15-26-11-6-7-17(4)20(26)25-19;/h6-7,11,15-16,18,27H,5,8-10,12-14H2,1-4H3,(H2,22,23,24);1H. The third-order valence-corrected chi connectivity index (χ3v) is 4.60. The molecule has 7 heteroatoms. The number of fused-ring (bicyclic) bond motifs is 1. The second-order valence-electron chi connectivity index (χ2n) is 7.56. The van der Waals surface area contributed by atoms with Crippen molar-refractivity contribution in [2.24, 2.45) is 16.8 Å². The maximum absolute atomic E-state index is 9.28. The third kappa shape index (κ3) is 7.95. The van der Waals surface area contributed by atoms with Crippen LogP contribution in [0.15, 0.2) is 29.5 Å². The summed E-state index contributed by atoms with van der Waals surface area (Å²) in [7, 11) is 0. The van der Waals surface area contributed by atoms with Gasteiger partial charge in [0.1, 0.15) is 5.65 Å². The van der Waals surface area contributed by atoms with E-state index >= 15 is 0 Å². The van der Waals surface area contributed by atoms with Crippen molar-refractivity contribution in [2.75, 3.05) is 26.2 Å². The number of aliphatic hydroxyl groups is 1. The van der Waals surface area contributed by atoms with Gasteiger partial charge in [-0.15, -0.1) is 24.0 Å². The fraction of sp³-hybridized carbons (Fsp3) is 0.619. The number of aryl methyl sites for hydroxylation is 1. The highest BCUT2D eigenvalue weighted by atomic mass is 127. The van der Waals surface area contributed by atoms with Gasteiger partial charge in [-0.25, -0.2) is 4.98 Å². The number of aliphatic hydroxyl groups excluding tert-OH is 1. The van der Waals surface area contributed by atoms with Gasteiger partial charge in [0.15, 0.2) is 5.96 Å². The van der Waals surface area contributed by atoms with Crippen LogP contribution in [-0.4, -0.2) is 46.7 Å². The Morgan fingerprint density at radius 2 is 2.11 bits per heavy atom. The molecule has 0 radical (unpaired) electrons. The molecule has 2 aromatic rings. The van der Waals surface area contributed by atoms with E-state index in [2.05, 4.69) is 55.0 Å². The van der Waals surface area contributed by atoms with Crippen LogP contribution in [0, 0.1) is 18.8 Å². The van der Waals surface area contributed by atoms with Crippen LogP contribution in [-0.2, 0) is 6.42 Å². The van der Waals surface area contributed by atoms with Crippen LogP contribution in [0.5, 0.6) is 0 Å². The number of rotatable bonds is 10. The number of nitrogens with zero attached hydrogens (tertiary/aromatic N) is 3. The molecule has 1 unspecified atom stereocenters. The quantitative estimate of drug-likeness (QED) is 0.265. The fourth-order valence-electron chi connectivity index (χ4n) is 3.33. The SMILES string of the molecule is CCNC(=NCC(CCO)CC(C)C)NCCc1cn2cccc(C)c2n1.I. The highest BCUT2D eigenvalue weighted by molar-refractivity contribution is 14.0. The molecule has 2 aromatic heterocycles. The third-order valence-electron chi connectivity index (χ3n) is 4.60. The first-order valence-electron chi connectivity index (χ1n) is 10.1. The lowest BCUT2D eigenvalue weighted by Crippen LogP contribution is -2.38. The summed E-state index contributed by atoms with van der Waals surface area (Å²) in [5.74, 6) is 1.88. The van der Waals surface area contributed by atoms with E-state index in [9.17, 15) is 5.11 Å². The van der Waals surface area contributed by atoms with Crippen molar-refractivity contribution in [2.45, 2.75) is 47.0 Å². The second kappa shape index (κ2) is 13.0. The van der Waals surface area contributed by atoms with E-state index in [0.717, 1.165) is 56.2 Å². The van der Waals surface area contributed by atoms with E-state index in [-0.39, 0.29) is 30.6 Å². The van der Waals surface area contributed by atoms with Crippen LogP contribution in [0.3, 0.4) is 0 Å². The Morgan fingerprint density at radius 3 is 2.75 bits per heavy atom. The number of hydrogen-bond acceptors (Lipinski definition) is 3. The molecule has 0 aliphatic carbocycles. The van der Waals surface area contributed by atoms with Gasteiger partial charge in [-0.1, -0.05) is 19.9 Å². The van der Waals surface area contributed by atoms with E-state index in [0.29, 0.717) is 11.8 Å².